The topological polar surface area (TPSA) is 12.5 Å². The molecule has 0 radical (unpaired) electrons. The van der Waals surface area contributed by atoms with Crippen molar-refractivity contribution in [3.8, 4) is 0 Å². The third-order valence-corrected chi connectivity index (χ3v) is 4.81. The van der Waals surface area contributed by atoms with Crippen LogP contribution in [0.3, 0.4) is 0 Å². The predicted molar refractivity (Wildman–Crippen MR) is 63.9 cm³/mol. The summed E-state index contributed by atoms with van der Waals surface area (Å²) in [5.74, 6) is 0. The Morgan fingerprint density at radius 3 is 2.80 bits per heavy atom. The zero-order chi connectivity index (χ0) is 10.1. The Bertz CT molecular complexity index is 459. The first-order valence-electron chi connectivity index (χ1n) is 5.24. The van der Waals surface area contributed by atoms with Crippen molar-refractivity contribution in [2.45, 2.75) is 0 Å². The number of hydrogen-bond donors (Lipinski definition) is 0. The summed E-state index contributed by atoms with van der Waals surface area (Å²) in [4.78, 5) is 4.86. The summed E-state index contributed by atoms with van der Waals surface area (Å²) in [7, 11) is 0. The average molecular weight is 266 g/mol. The van der Waals surface area contributed by atoms with Gasteiger partial charge in [-0.3, -0.25) is 0 Å². The van der Waals surface area contributed by atoms with Crippen molar-refractivity contribution in [2.24, 2.45) is 0 Å². The van der Waals surface area contributed by atoms with Gasteiger partial charge in [0.2, 0.25) is 0 Å². The van der Waals surface area contributed by atoms with Crippen LogP contribution in [0.1, 0.15) is 0 Å². The van der Waals surface area contributed by atoms with E-state index in [2.05, 4.69) is 34.1 Å². The van der Waals surface area contributed by atoms with Crippen molar-refractivity contribution >= 4 is 29.8 Å². The van der Waals surface area contributed by atoms with E-state index in [9.17, 15) is 0 Å². The van der Waals surface area contributed by atoms with Gasteiger partial charge in [-0.1, -0.05) is 0 Å². The minimum atomic E-state index is 0.532. The van der Waals surface area contributed by atoms with Gasteiger partial charge in [0.15, 0.2) is 0 Å². The van der Waals surface area contributed by atoms with Gasteiger partial charge in [0, 0.05) is 0 Å². The molecular weight excluding hydrogens is 253 g/mol. The summed E-state index contributed by atoms with van der Waals surface area (Å²) in [5, 5.41) is 1.44. The van der Waals surface area contributed by atoms with Crippen LogP contribution >= 0.6 is 0 Å². The van der Waals surface area contributed by atoms with E-state index >= 15 is 0 Å². The summed E-state index contributed by atoms with van der Waals surface area (Å²) >= 11 is 0.532. The second-order valence-corrected chi connectivity index (χ2v) is 5.63. The Morgan fingerprint density at radius 2 is 1.93 bits per heavy atom. The maximum atomic E-state index is 5.38. The molecule has 0 aliphatic carbocycles. The van der Waals surface area contributed by atoms with Crippen LogP contribution in [0.5, 0.6) is 0 Å². The average Bonchev–Trinajstić information content (AvgIpc) is 2.74. The van der Waals surface area contributed by atoms with Gasteiger partial charge < -0.3 is 0 Å². The zero-order valence-corrected chi connectivity index (χ0v) is 10.2. The van der Waals surface area contributed by atoms with Crippen molar-refractivity contribution in [2.75, 3.05) is 31.2 Å². The summed E-state index contributed by atoms with van der Waals surface area (Å²) in [5.41, 5.74) is 1.44. The Morgan fingerprint density at radius 1 is 1.13 bits per heavy atom. The molecule has 15 heavy (non-hydrogen) atoms. The quantitative estimate of drug-likeness (QED) is 0.729. The number of hydrogen-bond acceptors (Lipinski definition) is 2. The number of rotatable bonds is 1. The molecule has 3 rings (SSSR count). The van der Waals surface area contributed by atoms with Gasteiger partial charge in [-0.15, -0.1) is 0 Å². The molecule has 0 spiro atoms. The van der Waals surface area contributed by atoms with Crippen LogP contribution in [0.4, 0.5) is 5.69 Å². The molecule has 78 valence electrons. The van der Waals surface area contributed by atoms with Crippen LogP contribution in [0.25, 0.3) is 9.65 Å². The van der Waals surface area contributed by atoms with Crippen molar-refractivity contribution in [1.82, 2.24) is 0 Å². The summed E-state index contributed by atoms with van der Waals surface area (Å²) < 4.78 is 6.90. The Kier molecular flexibility index (Phi) is 2.53. The monoisotopic (exact) mass is 267 g/mol. The van der Waals surface area contributed by atoms with E-state index in [0.717, 1.165) is 26.3 Å². The van der Waals surface area contributed by atoms with E-state index < -0.39 is 0 Å². The molecule has 1 aromatic carbocycles. The second-order valence-electron chi connectivity index (χ2n) is 3.72. The van der Waals surface area contributed by atoms with Crippen molar-refractivity contribution in [3.05, 3.63) is 29.2 Å². The number of benzene rings is 1. The standard InChI is InChI=1S/C12H13NOSe/c1-2-4-12-10(3-1)11(9-15-12)13-5-7-14-8-6-13/h1-4,9H,5-8H2. The third-order valence-electron chi connectivity index (χ3n) is 2.81. The fraction of sp³-hybridized carbons (Fsp3) is 0.333. The van der Waals surface area contributed by atoms with Crippen molar-refractivity contribution in [3.63, 3.8) is 0 Å². The fourth-order valence-corrected chi connectivity index (χ4v) is 4.05. The molecule has 0 saturated carbocycles. The molecule has 1 saturated heterocycles. The maximum absolute atomic E-state index is 5.38. The zero-order valence-electron chi connectivity index (χ0n) is 8.48. The minimum absolute atomic E-state index is 0.532. The van der Waals surface area contributed by atoms with Crippen molar-refractivity contribution < 1.29 is 4.74 Å². The number of fused-ring (bicyclic) bond motifs is 1. The normalized spacial score (nSPS) is 17.2. The van der Waals surface area contributed by atoms with Crippen LogP contribution in [0.15, 0.2) is 29.2 Å². The molecule has 1 fully saturated rings. The van der Waals surface area contributed by atoms with Crippen LogP contribution < -0.4 is 4.90 Å². The third kappa shape index (κ3) is 1.71. The number of morpholine rings is 1. The number of ether oxygens (including phenoxy) is 1. The Balaban J connectivity index is 2.02. The molecule has 1 aliphatic rings. The van der Waals surface area contributed by atoms with Crippen LogP contribution in [-0.2, 0) is 4.74 Å². The molecular formula is C12H13NOSe. The van der Waals surface area contributed by atoms with E-state index in [0.29, 0.717) is 14.5 Å². The van der Waals surface area contributed by atoms with E-state index in [1.807, 2.05) is 0 Å². The molecule has 2 nitrogen and oxygen atoms in total. The molecule has 0 atom stereocenters. The van der Waals surface area contributed by atoms with Gasteiger partial charge in [0.25, 0.3) is 0 Å². The van der Waals surface area contributed by atoms with Gasteiger partial charge in [-0.05, 0) is 0 Å². The van der Waals surface area contributed by atoms with Gasteiger partial charge in [-0.2, -0.15) is 0 Å². The number of anilines is 1. The second kappa shape index (κ2) is 4.01. The number of nitrogens with zero attached hydrogens (tertiary/aromatic N) is 1. The molecule has 1 aromatic heterocycles. The summed E-state index contributed by atoms with van der Waals surface area (Å²) in [6, 6.07) is 8.76. The molecule has 0 amide bonds. The van der Waals surface area contributed by atoms with Gasteiger partial charge in [0.05, 0.1) is 0 Å². The van der Waals surface area contributed by atoms with Gasteiger partial charge >= 0.3 is 95.0 Å². The SMILES string of the molecule is c1ccc2c(N3CCOCC3)c[se]c2c1. The van der Waals surface area contributed by atoms with Gasteiger partial charge in [0.1, 0.15) is 0 Å². The van der Waals surface area contributed by atoms with Gasteiger partial charge in [-0.25, -0.2) is 0 Å². The first kappa shape index (κ1) is 9.46. The molecule has 0 N–H and O–H groups in total. The summed E-state index contributed by atoms with van der Waals surface area (Å²) in [6.07, 6.45) is 0. The fourth-order valence-electron chi connectivity index (χ4n) is 2.01. The van der Waals surface area contributed by atoms with E-state index in [4.69, 9.17) is 4.74 Å². The van der Waals surface area contributed by atoms with E-state index in [1.54, 1.807) is 0 Å². The molecule has 0 unspecified atom stereocenters. The summed E-state index contributed by atoms with van der Waals surface area (Å²) in [6.45, 7) is 3.81. The molecule has 3 heteroatoms. The molecule has 2 heterocycles. The van der Waals surface area contributed by atoms with E-state index in [1.165, 1.54) is 15.3 Å². The molecule has 0 bridgehead atoms. The first-order chi connectivity index (χ1) is 7.45. The van der Waals surface area contributed by atoms with Crippen LogP contribution in [0.2, 0.25) is 0 Å². The predicted octanol–water partition coefficient (Wildman–Crippen LogP) is 1.73. The molecule has 1 aliphatic heterocycles. The van der Waals surface area contributed by atoms with Crippen LogP contribution in [-0.4, -0.2) is 40.8 Å². The Hall–Kier alpha value is -0.761. The molecule has 2 aromatic rings. The first-order valence-corrected chi connectivity index (χ1v) is 7.08. The Labute approximate surface area is 95.2 Å². The van der Waals surface area contributed by atoms with E-state index in [-0.39, 0.29) is 0 Å². The van der Waals surface area contributed by atoms with Crippen molar-refractivity contribution in [1.29, 1.82) is 0 Å². The van der Waals surface area contributed by atoms with Crippen LogP contribution in [0, 0.1) is 0 Å².